The van der Waals surface area contributed by atoms with Crippen LogP contribution in [0.1, 0.15) is 62.4 Å². The molecular formula is C19H24N2O2S. The van der Waals surface area contributed by atoms with Gasteiger partial charge in [0, 0.05) is 6.54 Å². The summed E-state index contributed by atoms with van der Waals surface area (Å²) in [4.78, 5) is 19.6. The molecule has 1 aromatic heterocycles. The van der Waals surface area contributed by atoms with E-state index in [0.29, 0.717) is 0 Å². The van der Waals surface area contributed by atoms with E-state index >= 15 is 0 Å². The Hall–Kier alpha value is -1.46. The molecule has 1 saturated heterocycles. The van der Waals surface area contributed by atoms with E-state index in [1.807, 2.05) is 23.1 Å². The Morgan fingerprint density at radius 3 is 2.83 bits per heavy atom. The van der Waals surface area contributed by atoms with Gasteiger partial charge in [0.15, 0.2) is 0 Å². The zero-order valence-corrected chi connectivity index (χ0v) is 14.7. The monoisotopic (exact) mass is 344 g/mol. The highest BCUT2D eigenvalue weighted by Gasteiger charge is 2.37. The predicted octanol–water partition coefficient (Wildman–Crippen LogP) is 4.05. The summed E-state index contributed by atoms with van der Waals surface area (Å²) in [5.41, 5.74) is 0.235. The molecule has 2 aliphatic rings. The number of nitrogens with zero attached hydrogens (tertiary/aromatic N) is 2. The van der Waals surface area contributed by atoms with Gasteiger partial charge in [-0.15, -0.1) is 11.3 Å². The molecule has 4 rings (SSSR count). The number of aromatic nitrogens is 1. The molecule has 1 amide bonds. The van der Waals surface area contributed by atoms with Crippen molar-refractivity contribution in [1.82, 2.24) is 9.88 Å². The first-order chi connectivity index (χ1) is 11.6. The van der Waals surface area contributed by atoms with E-state index in [1.165, 1.54) is 11.1 Å². The molecule has 24 heavy (non-hydrogen) atoms. The van der Waals surface area contributed by atoms with Crippen molar-refractivity contribution in [3.8, 4) is 0 Å². The second-order valence-corrected chi connectivity index (χ2v) is 8.29. The lowest BCUT2D eigenvalue weighted by Crippen LogP contribution is -2.40. The Bertz CT molecular complexity index is 703. The van der Waals surface area contributed by atoms with Gasteiger partial charge in [-0.3, -0.25) is 4.79 Å². The molecular weight excluding hydrogens is 320 g/mol. The average Bonchev–Trinajstić information content (AvgIpc) is 3.21. The zero-order chi connectivity index (χ0) is 16.6. The fraction of sp³-hybridized carbons (Fsp3) is 0.579. The van der Waals surface area contributed by atoms with Crippen molar-refractivity contribution in [3.05, 3.63) is 29.3 Å². The van der Waals surface area contributed by atoms with Crippen LogP contribution in [0.4, 0.5) is 0 Å². The van der Waals surface area contributed by atoms with Gasteiger partial charge in [-0.05, 0) is 37.8 Å². The van der Waals surface area contributed by atoms with Crippen LogP contribution in [-0.4, -0.2) is 33.0 Å². The molecule has 1 unspecified atom stereocenters. The van der Waals surface area contributed by atoms with E-state index in [1.54, 1.807) is 11.3 Å². The predicted molar refractivity (Wildman–Crippen MR) is 96.0 cm³/mol. The van der Waals surface area contributed by atoms with E-state index in [2.05, 4.69) is 6.07 Å². The first-order valence-electron chi connectivity index (χ1n) is 9.02. The number of aliphatic hydroxyl groups is 1. The molecule has 0 radical (unpaired) electrons. The molecule has 128 valence electrons. The first-order valence-corrected chi connectivity index (χ1v) is 9.84. The molecule has 1 aromatic carbocycles. The van der Waals surface area contributed by atoms with Crippen molar-refractivity contribution >= 4 is 27.5 Å². The third kappa shape index (κ3) is 3.07. The molecule has 1 N–H and O–H groups in total. The van der Waals surface area contributed by atoms with Gasteiger partial charge in [0.2, 0.25) is 5.91 Å². The van der Waals surface area contributed by atoms with Crippen LogP contribution in [0, 0.1) is 0 Å². The summed E-state index contributed by atoms with van der Waals surface area (Å²) in [6.07, 6.45) is 7.03. The smallest absolute Gasteiger partial charge is 0.226 e. The SMILES string of the molecule is O=C(CC1(O)CCCCC1)N1CCCC1c1nc2ccccc2s1. The fourth-order valence-corrected chi connectivity index (χ4v) is 5.24. The highest BCUT2D eigenvalue weighted by molar-refractivity contribution is 7.18. The Morgan fingerprint density at radius 2 is 2.04 bits per heavy atom. The molecule has 0 bridgehead atoms. The van der Waals surface area contributed by atoms with E-state index in [9.17, 15) is 9.90 Å². The molecule has 1 aliphatic carbocycles. The van der Waals surface area contributed by atoms with E-state index in [4.69, 9.17) is 4.98 Å². The van der Waals surface area contributed by atoms with Crippen LogP contribution in [0.25, 0.3) is 10.2 Å². The van der Waals surface area contributed by atoms with Crippen molar-refractivity contribution in [2.45, 2.75) is 63.0 Å². The molecule has 2 aromatic rings. The maximum Gasteiger partial charge on any atom is 0.226 e. The fourth-order valence-electron chi connectivity index (χ4n) is 4.12. The zero-order valence-electron chi connectivity index (χ0n) is 13.9. The summed E-state index contributed by atoms with van der Waals surface area (Å²) in [5, 5.41) is 11.8. The normalized spacial score (nSPS) is 23.7. The maximum atomic E-state index is 12.9. The highest BCUT2D eigenvalue weighted by Crippen LogP contribution is 2.38. The molecule has 1 atom stereocenters. The Morgan fingerprint density at radius 1 is 1.25 bits per heavy atom. The van der Waals surface area contributed by atoms with E-state index in [0.717, 1.165) is 55.6 Å². The van der Waals surface area contributed by atoms with Crippen LogP contribution in [0.15, 0.2) is 24.3 Å². The summed E-state index contributed by atoms with van der Waals surface area (Å²) in [6.45, 7) is 0.787. The highest BCUT2D eigenvalue weighted by atomic mass is 32.1. The minimum absolute atomic E-state index is 0.0853. The molecule has 4 nitrogen and oxygen atoms in total. The number of amides is 1. The van der Waals surface area contributed by atoms with Gasteiger partial charge in [-0.25, -0.2) is 4.98 Å². The first kappa shape index (κ1) is 16.0. The van der Waals surface area contributed by atoms with Crippen molar-refractivity contribution in [2.75, 3.05) is 6.54 Å². The maximum absolute atomic E-state index is 12.9. The van der Waals surface area contributed by atoms with Gasteiger partial charge in [-0.2, -0.15) is 0 Å². The number of benzene rings is 1. The van der Waals surface area contributed by atoms with Gasteiger partial charge < -0.3 is 10.0 Å². The summed E-state index contributed by atoms with van der Waals surface area (Å²) >= 11 is 1.69. The summed E-state index contributed by atoms with van der Waals surface area (Å²) in [7, 11) is 0. The Kier molecular flexibility index (Phi) is 4.31. The van der Waals surface area contributed by atoms with Crippen LogP contribution in [0.3, 0.4) is 0 Å². The number of rotatable bonds is 3. The molecule has 2 heterocycles. The third-order valence-corrected chi connectivity index (χ3v) is 6.57. The number of carbonyl (C=O) groups is 1. The van der Waals surface area contributed by atoms with E-state index < -0.39 is 5.60 Å². The van der Waals surface area contributed by atoms with Gasteiger partial charge in [0.25, 0.3) is 0 Å². The van der Waals surface area contributed by atoms with Gasteiger partial charge in [0.05, 0.1) is 28.3 Å². The van der Waals surface area contributed by atoms with Gasteiger partial charge >= 0.3 is 0 Å². The van der Waals surface area contributed by atoms with E-state index in [-0.39, 0.29) is 18.4 Å². The molecule has 1 saturated carbocycles. The lowest BCUT2D eigenvalue weighted by atomic mass is 9.82. The second kappa shape index (κ2) is 6.45. The largest absolute Gasteiger partial charge is 0.389 e. The number of hydrogen-bond acceptors (Lipinski definition) is 4. The van der Waals surface area contributed by atoms with Crippen molar-refractivity contribution in [3.63, 3.8) is 0 Å². The van der Waals surface area contributed by atoms with Crippen molar-refractivity contribution < 1.29 is 9.90 Å². The number of hydrogen-bond donors (Lipinski definition) is 1. The minimum Gasteiger partial charge on any atom is -0.389 e. The Balaban J connectivity index is 1.52. The third-order valence-electron chi connectivity index (χ3n) is 5.43. The number of fused-ring (bicyclic) bond motifs is 1. The van der Waals surface area contributed by atoms with Crippen LogP contribution in [0.5, 0.6) is 0 Å². The molecule has 2 fully saturated rings. The number of para-hydroxylation sites is 1. The quantitative estimate of drug-likeness (QED) is 0.914. The standard InChI is InChI=1S/C19H24N2O2S/c22-17(13-19(23)10-4-1-5-11-19)21-12-6-8-15(21)18-20-14-7-2-3-9-16(14)24-18/h2-3,7,9,15,23H,1,4-6,8,10-13H2. The van der Waals surface area contributed by atoms with Crippen LogP contribution < -0.4 is 0 Å². The number of carbonyl (C=O) groups excluding carboxylic acids is 1. The molecule has 5 heteroatoms. The van der Waals surface area contributed by atoms with Crippen LogP contribution in [-0.2, 0) is 4.79 Å². The molecule has 0 spiro atoms. The van der Waals surface area contributed by atoms with Crippen molar-refractivity contribution in [1.29, 1.82) is 0 Å². The van der Waals surface area contributed by atoms with Gasteiger partial charge in [0.1, 0.15) is 5.01 Å². The lowest BCUT2D eigenvalue weighted by Gasteiger charge is -2.34. The van der Waals surface area contributed by atoms with Crippen molar-refractivity contribution in [2.24, 2.45) is 0 Å². The number of likely N-dealkylation sites (tertiary alicyclic amines) is 1. The van der Waals surface area contributed by atoms with Gasteiger partial charge in [-0.1, -0.05) is 31.4 Å². The summed E-state index contributed by atoms with van der Waals surface area (Å²) < 4.78 is 1.18. The summed E-state index contributed by atoms with van der Waals surface area (Å²) in [5.74, 6) is 0.0983. The molecule has 1 aliphatic heterocycles. The second-order valence-electron chi connectivity index (χ2n) is 7.23. The Labute approximate surface area is 146 Å². The minimum atomic E-state index is -0.782. The average molecular weight is 344 g/mol. The lowest BCUT2D eigenvalue weighted by molar-refractivity contribution is -0.138. The summed E-state index contributed by atoms with van der Waals surface area (Å²) in [6, 6.07) is 8.23. The van der Waals surface area contributed by atoms with Crippen LogP contribution >= 0.6 is 11.3 Å². The number of thiazole rings is 1. The topological polar surface area (TPSA) is 53.4 Å². The van der Waals surface area contributed by atoms with Crippen LogP contribution in [0.2, 0.25) is 0 Å².